The molecule has 1 rings (SSSR count). The third-order valence-electron chi connectivity index (χ3n) is 3.68. The van der Waals surface area contributed by atoms with Crippen LogP contribution in [0.15, 0.2) is 24.4 Å². The first kappa shape index (κ1) is 24.4. The lowest BCUT2D eigenvalue weighted by Gasteiger charge is -2.25. The Morgan fingerprint density at radius 3 is 2.10 bits per heavy atom. The fraction of sp³-hybridized carbons (Fsp3) is 0.619. The lowest BCUT2D eigenvalue weighted by molar-refractivity contribution is -0.160. The van der Waals surface area contributed by atoms with Crippen LogP contribution in [0.5, 0.6) is 0 Å². The highest BCUT2D eigenvalue weighted by atomic mass is 16.6. The molecule has 0 radical (unpaired) electrons. The van der Waals surface area contributed by atoms with Crippen LogP contribution < -0.4 is 5.32 Å². The number of nitrogens with one attached hydrogen (secondary N) is 1. The molecule has 0 aromatic rings. The molecule has 1 heterocycles. The smallest absolute Gasteiger partial charge is 0.329 e. The second kappa shape index (κ2) is 9.71. The predicted octanol–water partition coefficient (Wildman–Crippen LogP) is 2.24. The number of carbonyl (C=O) groups excluding carboxylic acids is 4. The Balaban J connectivity index is 2.68. The highest BCUT2D eigenvalue weighted by Gasteiger charge is 2.29. The van der Waals surface area contributed by atoms with E-state index in [9.17, 15) is 19.2 Å². The fourth-order valence-corrected chi connectivity index (χ4v) is 2.50. The molecule has 1 N–H and O–H groups in total. The minimum atomic E-state index is -0.996. The first-order chi connectivity index (χ1) is 13.2. The number of esters is 2. The van der Waals surface area contributed by atoms with E-state index in [1.54, 1.807) is 47.6 Å². The maximum atomic E-state index is 12.5. The van der Waals surface area contributed by atoms with Gasteiger partial charge in [0.1, 0.15) is 17.2 Å². The molecule has 8 heteroatoms. The third-order valence-corrected chi connectivity index (χ3v) is 3.68. The number of hydrogen-bond acceptors (Lipinski definition) is 6. The number of ether oxygens (including phenoxy) is 2. The lowest BCUT2D eigenvalue weighted by Crippen LogP contribution is -2.45. The highest BCUT2D eigenvalue weighted by Crippen LogP contribution is 2.15. The molecule has 0 aromatic carbocycles. The maximum Gasteiger partial charge on any atom is 0.329 e. The normalized spacial score (nSPS) is 15.3. The predicted molar refractivity (Wildman–Crippen MR) is 107 cm³/mol. The van der Waals surface area contributed by atoms with Gasteiger partial charge in [0.25, 0.3) is 5.91 Å². The van der Waals surface area contributed by atoms with E-state index in [-0.39, 0.29) is 31.7 Å². The topological polar surface area (TPSA) is 102 Å². The van der Waals surface area contributed by atoms with Gasteiger partial charge in [-0.15, -0.1) is 0 Å². The van der Waals surface area contributed by atoms with Gasteiger partial charge in [-0.25, -0.2) is 4.79 Å². The SMILES string of the molecule is C=C1C=CC(=O)N1CCC(=O)NC(CCC(=O)OC(C)(C)C)C(=O)OC(C)(C)C. The summed E-state index contributed by atoms with van der Waals surface area (Å²) < 4.78 is 10.6. The van der Waals surface area contributed by atoms with Crippen molar-refractivity contribution >= 4 is 23.8 Å². The molecule has 1 atom stereocenters. The van der Waals surface area contributed by atoms with E-state index >= 15 is 0 Å². The van der Waals surface area contributed by atoms with Gasteiger partial charge in [-0.1, -0.05) is 6.58 Å². The average molecular weight is 408 g/mol. The highest BCUT2D eigenvalue weighted by molar-refractivity contribution is 5.93. The number of allylic oxidation sites excluding steroid dienone is 1. The molecule has 0 aromatic heterocycles. The van der Waals surface area contributed by atoms with Gasteiger partial charge < -0.3 is 19.7 Å². The summed E-state index contributed by atoms with van der Waals surface area (Å²) in [7, 11) is 0. The Bertz CT molecular complexity index is 679. The molecule has 8 nitrogen and oxygen atoms in total. The van der Waals surface area contributed by atoms with Crippen molar-refractivity contribution in [2.24, 2.45) is 0 Å². The zero-order valence-corrected chi connectivity index (χ0v) is 18.2. The molecule has 1 aliphatic rings. The minimum Gasteiger partial charge on any atom is -0.460 e. The Hall–Kier alpha value is -2.64. The van der Waals surface area contributed by atoms with Gasteiger partial charge in [0.05, 0.1) is 0 Å². The van der Waals surface area contributed by atoms with E-state index in [0.717, 1.165) is 0 Å². The van der Waals surface area contributed by atoms with Crippen LogP contribution in [0, 0.1) is 0 Å². The zero-order valence-electron chi connectivity index (χ0n) is 18.2. The summed E-state index contributed by atoms with van der Waals surface area (Å²) in [6, 6.07) is -0.996. The first-order valence-electron chi connectivity index (χ1n) is 9.60. The zero-order chi connectivity index (χ0) is 22.4. The van der Waals surface area contributed by atoms with E-state index in [4.69, 9.17) is 9.47 Å². The van der Waals surface area contributed by atoms with Crippen molar-refractivity contribution in [3.8, 4) is 0 Å². The van der Waals surface area contributed by atoms with Crippen molar-refractivity contribution in [3.63, 3.8) is 0 Å². The van der Waals surface area contributed by atoms with Gasteiger partial charge in [-0.3, -0.25) is 14.4 Å². The molecule has 0 fully saturated rings. The number of rotatable bonds is 8. The van der Waals surface area contributed by atoms with Crippen LogP contribution in [0.25, 0.3) is 0 Å². The largest absolute Gasteiger partial charge is 0.460 e. The Morgan fingerprint density at radius 1 is 1.03 bits per heavy atom. The van der Waals surface area contributed by atoms with Crippen LogP contribution in [0.1, 0.15) is 60.8 Å². The fourth-order valence-electron chi connectivity index (χ4n) is 2.50. The molecule has 1 aliphatic heterocycles. The third kappa shape index (κ3) is 9.40. The van der Waals surface area contributed by atoms with Gasteiger partial charge in [-0.05, 0) is 54.0 Å². The van der Waals surface area contributed by atoms with E-state index < -0.39 is 35.1 Å². The first-order valence-corrected chi connectivity index (χ1v) is 9.60. The summed E-state index contributed by atoms with van der Waals surface area (Å²) in [4.78, 5) is 49.9. The van der Waals surface area contributed by atoms with Gasteiger partial charge in [-0.2, -0.15) is 0 Å². The molecule has 0 bridgehead atoms. The van der Waals surface area contributed by atoms with E-state index in [1.807, 2.05) is 0 Å². The van der Waals surface area contributed by atoms with Crippen LogP contribution in [-0.2, 0) is 28.7 Å². The van der Waals surface area contributed by atoms with Gasteiger partial charge in [0, 0.05) is 31.2 Å². The Kier molecular flexibility index (Phi) is 8.17. The van der Waals surface area contributed by atoms with Crippen molar-refractivity contribution in [1.29, 1.82) is 0 Å². The lowest BCUT2D eigenvalue weighted by atomic mass is 10.1. The van der Waals surface area contributed by atoms with Gasteiger partial charge in [0.15, 0.2) is 0 Å². The van der Waals surface area contributed by atoms with E-state index in [2.05, 4.69) is 11.9 Å². The van der Waals surface area contributed by atoms with E-state index in [0.29, 0.717) is 5.70 Å². The summed E-state index contributed by atoms with van der Waals surface area (Å²) >= 11 is 0. The second-order valence-electron chi connectivity index (χ2n) is 8.84. The van der Waals surface area contributed by atoms with Crippen LogP contribution >= 0.6 is 0 Å². The number of amides is 2. The quantitative estimate of drug-likeness (QED) is 0.618. The molecule has 2 amide bonds. The molecule has 0 saturated carbocycles. The minimum absolute atomic E-state index is 0.0157. The van der Waals surface area contributed by atoms with Crippen molar-refractivity contribution in [3.05, 3.63) is 24.4 Å². The van der Waals surface area contributed by atoms with Crippen molar-refractivity contribution < 1.29 is 28.7 Å². The second-order valence-corrected chi connectivity index (χ2v) is 8.84. The van der Waals surface area contributed by atoms with E-state index in [1.165, 1.54) is 11.0 Å². The maximum absolute atomic E-state index is 12.5. The van der Waals surface area contributed by atoms with Crippen LogP contribution in [0.3, 0.4) is 0 Å². The standard InChI is InChI=1S/C21H32N2O6/c1-14-8-10-17(25)23(14)13-12-16(24)22-15(19(27)29-21(5,6)7)9-11-18(26)28-20(2,3)4/h8,10,15H,1,9,11-13H2,2-7H3,(H,22,24). The number of hydrogen-bond donors (Lipinski definition) is 1. The molecular formula is C21H32N2O6. The number of nitrogens with zero attached hydrogens (tertiary/aromatic N) is 1. The van der Waals surface area contributed by atoms with Crippen LogP contribution in [0.2, 0.25) is 0 Å². The van der Waals surface area contributed by atoms with Crippen molar-refractivity contribution in [1.82, 2.24) is 10.2 Å². The van der Waals surface area contributed by atoms with Crippen molar-refractivity contribution in [2.45, 2.75) is 78.0 Å². The Labute approximate surface area is 172 Å². The summed E-state index contributed by atoms with van der Waals surface area (Å²) in [6.45, 7) is 14.3. The van der Waals surface area contributed by atoms with Gasteiger partial charge in [0.2, 0.25) is 5.91 Å². The van der Waals surface area contributed by atoms with Gasteiger partial charge >= 0.3 is 11.9 Å². The monoisotopic (exact) mass is 408 g/mol. The van der Waals surface area contributed by atoms with Crippen LogP contribution in [-0.4, -0.2) is 52.4 Å². The summed E-state index contributed by atoms with van der Waals surface area (Å²) in [5.74, 6) is -1.77. The van der Waals surface area contributed by atoms with Crippen molar-refractivity contribution in [2.75, 3.05) is 6.54 Å². The molecule has 0 saturated heterocycles. The molecule has 1 unspecified atom stereocenters. The molecule has 29 heavy (non-hydrogen) atoms. The average Bonchev–Trinajstić information content (AvgIpc) is 2.84. The molecule has 0 aliphatic carbocycles. The number of carbonyl (C=O) groups is 4. The Morgan fingerprint density at radius 2 is 1.62 bits per heavy atom. The summed E-state index contributed by atoms with van der Waals surface area (Å²) in [5, 5.41) is 2.60. The summed E-state index contributed by atoms with van der Waals surface area (Å²) in [6.07, 6.45) is 2.94. The molecule has 162 valence electrons. The molecular weight excluding hydrogens is 376 g/mol. The van der Waals surface area contributed by atoms with Crippen LogP contribution in [0.4, 0.5) is 0 Å². The molecule has 0 spiro atoms. The summed E-state index contributed by atoms with van der Waals surface area (Å²) in [5.41, 5.74) is -0.867.